The van der Waals surface area contributed by atoms with Gasteiger partial charge in [0.1, 0.15) is 11.6 Å². The van der Waals surface area contributed by atoms with E-state index in [-0.39, 0.29) is 0 Å². The SMILES string of the molecule is CCOC1(C(=O)NC(CC(F)F)C(=O)O)CCCC1. The molecule has 5 nitrogen and oxygen atoms in total. The summed E-state index contributed by atoms with van der Waals surface area (Å²) in [6.45, 7) is 2.06. The summed E-state index contributed by atoms with van der Waals surface area (Å²) in [5.41, 5.74) is -1.05. The lowest BCUT2D eigenvalue weighted by molar-refractivity contribution is -0.152. The van der Waals surface area contributed by atoms with E-state index in [0.717, 1.165) is 12.8 Å². The number of amides is 1. The Kier molecular flexibility index (Phi) is 5.65. The largest absolute Gasteiger partial charge is 0.480 e. The van der Waals surface area contributed by atoms with E-state index >= 15 is 0 Å². The molecule has 1 atom stereocenters. The number of carbonyl (C=O) groups is 2. The van der Waals surface area contributed by atoms with Gasteiger partial charge >= 0.3 is 5.97 Å². The molecule has 0 aromatic rings. The maximum atomic E-state index is 12.3. The highest BCUT2D eigenvalue weighted by atomic mass is 19.3. The number of hydrogen-bond acceptors (Lipinski definition) is 3. The van der Waals surface area contributed by atoms with Crippen LogP contribution in [0.25, 0.3) is 0 Å². The van der Waals surface area contributed by atoms with Gasteiger partial charge in [-0.05, 0) is 32.6 Å². The van der Waals surface area contributed by atoms with Crippen LogP contribution in [0.3, 0.4) is 0 Å². The number of carbonyl (C=O) groups excluding carboxylic acids is 1. The molecule has 0 heterocycles. The molecule has 7 heteroatoms. The number of nitrogens with one attached hydrogen (secondary N) is 1. The second-order valence-corrected chi connectivity index (χ2v) is 4.63. The average Bonchev–Trinajstić information content (AvgIpc) is 2.77. The fourth-order valence-corrected chi connectivity index (χ4v) is 2.35. The van der Waals surface area contributed by atoms with E-state index in [2.05, 4.69) is 5.32 Å². The Labute approximate surface area is 110 Å². The molecule has 0 bridgehead atoms. The summed E-state index contributed by atoms with van der Waals surface area (Å²) in [6.07, 6.45) is -1.09. The lowest BCUT2D eigenvalue weighted by atomic mass is 10.00. The summed E-state index contributed by atoms with van der Waals surface area (Å²) in [5.74, 6) is -2.06. The number of hydrogen-bond donors (Lipinski definition) is 2. The van der Waals surface area contributed by atoms with Crippen LogP contribution < -0.4 is 5.32 Å². The van der Waals surface area contributed by atoms with Crippen molar-refractivity contribution in [3.8, 4) is 0 Å². The zero-order valence-electron chi connectivity index (χ0n) is 10.8. The molecule has 1 rings (SSSR count). The number of aliphatic carboxylic acids is 1. The third-order valence-electron chi connectivity index (χ3n) is 3.26. The van der Waals surface area contributed by atoms with Crippen molar-refractivity contribution < 1.29 is 28.2 Å². The minimum absolute atomic E-state index is 0.319. The molecule has 1 saturated carbocycles. The molecule has 1 unspecified atom stereocenters. The Hall–Kier alpha value is -1.24. The second kappa shape index (κ2) is 6.79. The minimum atomic E-state index is -2.78. The van der Waals surface area contributed by atoms with Crippen LogP contribution in [0.2, 0.25) is 0 Å². The van der Waals surface area contributed by atoms with Crippen molar-refractivity contribution in [3.05, 3.63) is 0 Å². The zero-order chi connectivity index (χ0) is 14.5. The first-order valence-corrected chi connectivity index (χ1v) is 6.37. The first-order valence-electron chi connectivity index (χ1n) is 6.37. The van der Waals surface area contributed by atoms with E-state index in [1.165, 1.54) is 0 Å². The predicted octanol–water partition coefficient (Wildman–Crippen LogP) is 1.56. The molecule has 0 aliphatic heterocycles. The molecule has 110 valence electrons. The lowest BCUT2D eigenvalue weighted by Gasteiger charge is -2.29. The molecule has 1 aliphatic carbocycles. The number of alkyl halides is 2. The van der Waals surface area contributed by atoms with Gasteiger partial charge in [0.2, 0.25) is 6.43 Å². The van der Waals surface area contributed by atoms with E-state index < -0.39 is 36.4 Å². The van der Waals surface area contributed by atoms with Gasteiger partial charge < -0.3 is 15.2 Å². The number of halogens is 2. The maximum Gasteiger partial charge on any atom is 0.326 e. The number of rotatable bonds is 7. The van der Waals surface area contributed by atoms with Gasteiger partial charge in [-0.25, -0.2) is 13.6 Å². The Morgan fingerprint density at radius 1 is 1.37 bits per heavy atom. The quantitative estimate of drug-likeness (QED) is 0.741. The van der Waals surface area contributed by atoms with Crippen LogP contribution in [0.1, 0.15) is 39.0 Å². The van der Waals surface area contributed by atoms with Crippen LogP contribution in [0.5, 0.6) is 0 Å². The Bertz CT molecular complexity index is 330. The standard InChI is InChI=1S/C12H19F2NO4/c1-2-19-12(5-3-4-6-12)11(18)15-8(10(16)17)7-9(13)14/h8-9H,2-7H2,1H3,(H,15,18)(H,16,17). The van der Waals surface area contributed by atoms with Gasteiger partial charge in [-0.1, -0.05) is 0 Å². The maximum absolute atomic E-state index is 12.3. The summed E-state index contributed by atoms with van der Waals surface area (Å²) in [5, 5.41) is 11.0. The molecule has 1 aliphatic rings. The topological polar surface area (TPSA) is 75.6 Å². The van der Waals surface area contributed by atoms with Crippen LogP contribution in [0.15, 0.2) is 0 Å². The van der Waals surface area contributed by atoms with Crippen molar-refractivity contribution in [2.24, 2.45) is 0 Å². The third kappa shape index (κ3) is 4.12. The normalized spacial score (nSPS) is 19.4. The van der Waals surface area contributed by atoms with E-state index in [9.17, 15) is 18.4 Å². The van der Waals surface area contributed by atoms with Crippen LogP contribution in [0.4, 0.5) is 8.78 Å². The van der Waals surface area contributed by atoms with Gasteiger partial charge in [0.15, 0.2) is 0 Å². The molecule has 0 aromatic heterocycles. The highest BCUT2D eigenvalue weighted by molar-refractivity contribution is 5.89. The molecule has 0 aromatic carbocycles. The fraction of sp³-hybridized carbons (Fsp3) is 0.833. The lowest BCUT2D eigenvalue weighted by Crippen LogP contribution is -2.53. The van der Waals surface area contributed by atoms with Gasteiger partial charge in [0.05, 0.1) is 0 Å². The first-order chi connectivity index (χ1) is 8.91. The Balaban J connectivity index is 2.71. The Morgan fingerprint density at radius 2 is 1.95 bits per heavy atom. The highest BCUT2D eigenvalue weighted by Crippen LogP contribution is 2.33. The van der Waals surface area contributed by atoms with Crippen LogP contribution in [0, 0.1) is 0 Å². The Morgan fingerprint density at radius 3 is 2.37 bits per heavy atom. The molecule has 0 radical (unpaired) electrons. The minimum Gasteiger partial charge on any atom is -0.480 e. The number of carboxylic acids is 1. The van der Waals surface area contributed by atoms with Crippen molar-refractivity contribution in [1.82, 2.24) is 5.32 Å². The molecular weight excluding hydrogens is 260 g/mol. The van der Waals surface area contributed by atoms with E-state index in [1.807, 2.05) is 0 Å². The first kappa shape index (κ1) is 15.8. The van der Waals surface area contributed by atoms with Gasteiger partial charge in [0.25, 0.3) is 5.91 Å². The molecule has 1 amide bonds. The predicted molar refractivity (Wildman–Crippen MR) is 63.0 cm³/mol. The van der Waals surface area contributed by atoms with Gasteiger partial charge in [0, 0.05) is 13.0 Å². The van der Waals surface area contributed by atoms with Crippen molar-refractivity contribution >= 4 is 11.9 Å². The van der Waals surface area contributed by atoms with Crippen LogP contribution in [-0.4, -0.2) is 41.7 Å². The summed E-state index contributed by atoms with van der Waals surface area (Å²) < 4.78 is 30.0. The monoisotopic (exact) mass is 279 g/mol. The van der Waals surface area contributed by atoms with E-state index in [4.69, 9.17) is 9.84 Å². The van der Waals surface area contributed by atoms with Crippen molar-refractivity contribution in [3.63, 3.8) is 0 Å². The summed E-state index contributed by atoms with van der Waals surface area (Å²) in [4.78, 5) is 23.0. The number of carboxylic acid groups (broad SMARTS) is 1. The summed E-state index contributed by atoms with van der Waals surface area (Å²) >= 11 is 0. The van der Waals surface area contributed by atoms with Crippen LogP contribution >= 0.6 is 0 Å². The van der Waals surface area contributed by atoms with Crippen molar-refractivity contribution in [1.29, 1.82) is 0 Å². The second-order valence-electron chi connectivity index (χ2n) is 4.63. The zero-order valence-corrected chi connectivity index (χ0v) is 10.8. The van der Waals surface area contributed by atoms with Gasteiger partial charge in [-0.15, -0.1) is 0 Å². The molecule has 2 N–H and O–H groups in total. The smallest absolute Gasteiger partial charge is 0.326 e. The van der Waals surface area contributed by atoms with Crippen molar-refractivity contribution in [2.45, 2.75) is 57.1 Å². The highest BCUT2D eigenvalue weighted by Gasteiger charge is 2.43. The van der Waals surface area contributed by atoms with Crippen LogP contribution in [-0.2, 0) is 14.3 Å². The molecule has 19 heavy (non-hydrogen) atoms. The number of ether oxygens (including phenoxy) is 1. The molecule has 1 fully saturated rings. The average molecular weight is 279 g/mol. The van der Waals surface area contributed by atoms with Gasteiger partial charge in [-0.2, -0.15) is 0 Å². The molecule has 0 saturated heterocycles. The summed E-state index contributed by atoms with van der Waals surface area (Å²) in [7, 11) is 0. The van der Waals surface area contributed by atoms with E-state index in [0.29, 0.717) is 19.4 Å². The fourth-order valence-electron chi connectivity index (χ4n) is 2.35. The van der Waals surface area contributed by atoms with E-state index in [1.54, 1.807) is 6.92 Å². The third-order valence-corrected chi connectivity index (χ3v) is 3.26. The van der Waals surface area contributed by atoms with Gasteiger partial charge in [-0.3, -0.25) is 4.79 Å². The summed E-state index contributed by atoms with van der Waals surface area (Å²) in [6, 6.07) is -1.58. The van der Waals surface area contributed by atoms with Crippen molar-refractivity contribution in [2.75, 3.05) is 6.61 Å². The molecular formula is C12H19F2NO4. The molecule has 0 spiro atoms.